The Morgan fingerprint density at radius 2 is 2.09 bits per heavy atom. The molecule has 3 rings (SSSR count). The standard InChI is InChI=1S/C15H12FN3OS2/c16-10-4-6-11(7-5-10)21-9-12-14(20)19-15(22-12)18-13-3-1-2-8-17-13/h1-8,12H,9H2,(H,17,18,19,20). The first-order valence-corrected chi connectivity index (χ1v) is 8.43. The van der Waals surface area contributed by atoms with Gasteiger partial charge in [0.05, 0.1) is 0 Å². The number of amidine groups is 1. The maximum Gasteiger partial charge on any atom is 0.240 e. The number of thioether (sulfide) groups is 2. The van der Waals surface area contributed by atoms with E-state index in [-0.39, 0.29) is 17.0 Å². The molecule has 0 bridgehead atoms. The van der Waals surface area contributed by atoms with E-state index in [1.807, 2.05) is 12.1 Å². The van der Waals surface area contributed by atoms with Crippen LogP contribution in [0.4, 0.5) is 10.2 Å². The molecule has 0 spiro atoms. The van der Waals surface area contributed by atoms with Gasteiger partial charge in [-0.1, -0.05) is 17.8 Å². The van der Waals surface area contributed by atoms with Crippen LogP contribution in [0.5, 0.6) is 0 Å². The number of amides is 1. The van der Waals surface area contributed by atoms with Crippen molar-refractivity contribution in [1.82, 2.24) is 10.3 Å². The molecule has 7 heteroatoms. The minimum atomic E-state index is -0.262. The predicted octanol–water partition coefficient (Wildman–Crippen LogP) is 3.23. The molecule has 1 saturated heterocycles. The van der Waals surface area contributed by atoms with Crippen LogP contribution in [0.1, 0.15) is 0 Å². The molecule has 112 valence electrons. The van der Waals surface area contributed by atoms with E-state index in [1.165, 1.54) is 35.7 Å². The topological polar surface area (TPSA) is 54.4 Å². The van der Waals surface area contributed by atoms with E-state index in [2.05, 4.69) is 15.3 Å². The smallest absolute Gasteiger partial charge is 0.240 e. The van der Waals surface area contributed by atoms with Gasteiger partial charge in [0.15, 0.2) is 11.0 Å². The number of aromatic nitrogens is 1. The number of nitrogens with one attached hydrogen (secondary N) is 1. The van der Waals surface area contributed by atoms with Crippen molar-refractivity contribution in [2.45, 2.75) is 10.1 Å². The quantitative estimate of drug-likeness (QED) is 0.873. The van der Waals surface area contributed by atoms with Crippen molar-refractivity contribution in [2.24, 2.45) is 4.99 Å². The van der Waals surface area contributed by atoms with Crippen LogP contribution >= 0.6 is 23.5 Å². The number of benzene rings is 1. The highest BCUT2D eigenvalue weighted by Crippen LogP contribution is 2.28. The van der Waals surface area contributed by atoms with Gasteiger partial charge in [-0.3, -0.25) is 4.79 Å². The number of hydrogen-bond acceptors (Lipinski definition) is 5. The largest absolute Gasteiger partial charge is 0.304 e. The predicted molar refractivity (Wildman–Crippen MR) is 88.0 cm³/mol. The third-order valence-electron chi connectivity index (χ3n) is 2.86. The number of hydrogen-bond donors (Lipinski definition) is 1. The first-order chi connectivity index (χ1) is 10.7. The molecule has 1 fully saturated rings. The molecule has 1 aliphatic rings. The van der Waals surface area contributed by atoms with Gasteiger partial charge in [-0.05, 0) is 36.4 Å². The van der Waals surface area contributed by atoms with Gasteiger partial charge in [0, 0.05) is 16.8 Å². The molecule has 1 unspecified atom stereocenters. The molecule has 1 aliphatic heterocycles. The van der Waals surface area contributed by atoms with Crippen LogP contribution in [0.2, 0.25) is 0 Å². The third-order valence-corrected chi connectivity index (χ3v) is 5.26. The Hall–Kier alpha value is -1.86. The number of carbonyl (C=O) groups excluding carboxylic acids is 1. The van der Waals surface area contributed by atoms with Crippen molar-refractivity contribution < 1.29 is 9.18 Å². The molecule has 0 saturated carbocycles. The Morgan fingerprint density at radius 1 is 1.27 bits per heavy atom. The zero-order valence-corrected chi connectivity index (χ0v) is 13.0. The lowest BCUT2D eigenvalue weighted by molar-refractivity contribution is -0.118. The summed E-state index contributed by atoms with van der Waals surface area (Å²) in [5, 5.41) is 3.11. The first-order valence-electron chi connectivity index (χ1n) is 6.56. The van der Waals surface area contributed by atoms with Gasteiger partial charge in [-0.2, -0.15) is 0 Å². The zero-order valence-electron chi connectivity index (χ0n) is 11.4. The number of aliphatic imine (C=N–C) groups is 1. The molecular weight excluding hydrogens is 321 g/mol. The number of halogens is 1. The Bertz CT molecular complexity index is 692. The van der Waals surface area contributed by atoms with Crippen molar-refractivity contribution in [3.63, 3.8) is 0 Å². The van der Waals surface area contributed by atoms with Crippen LogP contribution in [0.15, 0.2) is 58.5 Å². The highest BCUT2D eigenvalue weighted by Gasteiger charge is 2.30. The van der Waals surface area contributed by atoms with Crippen LogP contribution in [-0.2, 0) is 4.79 Å². The summed E-state index contributed by atoms with van der Waals surface area (Å²) >= 11 is 2.91. The molecular formula is C15H12FN3OS2. The SMILES string of the molecule is O=C1N/C(=N\c2ccccn2)SC1CSc1ccc(F)cc1. The van der Waals surface area contributed by atoms with Crippen molar-refractivity contribution in [1.29, 1.82) is 0 Å². The third kappa shape index (κ3) is 3.86. The minimum absolute atomic E-state index is 0.0608. The number of carbonyl (C=O) groups is 1. The summed E-state index contributed by atoms with van der Waals surface area (Å²) in [7, 11) is 0. The van der Waals surface area contributed by atoms with Gasteiger partial charge in [-0.15, -0.1) is 11.8 Å². The van der Waals surface area contributed by atoms with Gasteiger partial charge >= 0.3 is 0 Å². The molecule has 2 aromatic rings. The Labute approximate surface area is 135 Å². The molecule has 0 radical (unpaired) electrons. The zero-order chi connectivity index (χ0) is 15.4. The van der Waals surface area contributed by atoms with E-state index < -0.39 is 0 Å². The normalized spacial score (nSPS) is 19.4. The summed E-state index contributed by atoms with van der Waals surface area (Å²) in [5.74, 6) is 0.845. The fourth-order valence-corrected chi connectivity index (χ4v) is 3.84. The Morgan fingerprint density at radius 3 is 2.82 bits per heavy atom. The monoisotopic (exact) mass is 333 g/mol. The van der Waals surface area contributed by atoms with Crippen LogP contribution < -0.4 is 5.32 Å². The maximum atomic E-state index is 12.8. The second-order valence-corrected chi connectivity index (χ2v) is 6.75. The van der Waals surface area contributed by atoms with E-state index in [0.717, 1.165) is 4.90 Å². The molecule has 1 aromatic heterocycles. The highest BCUT2D eigenvalue weighted by molar-refractivity contribution is 8.16. The summed E-state index contributed by atoms with van der Waals surface area (Å²) in [6, 6.07) is 11.7. The van der Waals surface area contributed by atoms with Crippen molar-refractivity contribution in [2.75, 3.05) is 5.75 Å². The van der Waals surface area contributed by atoms with Gasteiger partial charge in [0.2, 0.25) is 5.91 Å². The van der Waals surface area contributed by atoms with Gasteiger partial charge < -0.3 is 5.32 Å². The Balaban J connectivity index is 1.60. The molecule has 1 atom stereocenters. The fraction of sp³-hybridized carbons (Fsp3) is 0.133. The summed E-state index contributed by atoms with van der Waals surface area (Å²) in [5.41, 5.74) is 0. The maximum absolute atomic E-state index is 12.8. The lowest BCUT2D eigenvalue weighted by Crippen LogP contribution is -2.25. The second-order valence-electron chi connectivity index (χ2n) is 4.47. The minimum Gasteiger partial charge on any atom is -0.304 e. The molecule has 1 N–H and O–H groups in total. The van der Waals surface area contributed by atoms with Gasteiger partial charge in [0.25, 0.3) is 0 Å². The molecule has 2 heterocycles. The second kappa shape index (κ2) is 6.93. The van der Waals surface area contributed by atoms with E-state index in [1.54, 1.807) is 24.4 Å². The number of nitrogens with zero attached hydrogens (tertiary/aromatic N) is 2. The summed E-state index contributed by atoms with van der Waals surface area (Å²) in [6.45, 7) is 0. The van der Waals surface area contributed by atoms with Crippen LogP contribution in [0, 0.1) is 5.82 Å². The van der Waals surface area contributed by atoms with E-state index in [0.29, 0.717) is 16.7 Å². The van der Waals surface area contributed by atoms with E-state index in [9.17, 15) is 9.18 Å². The summed E-state index contributed by atoms with van der Waals surface area (Å²) in [4.78, 5) is 21.3. The van der Waals surface area contributed by atoms with E-state index >= 15 is 0 Å². The summed E-state index contributed by atoms with van der Waals surface area (Å²) in [6.07, 6.45) is 1.66. The molecule has 4 nitrogen and oxygen atoms in total. The number of pyridine rings is 1. The average Bonchev–Trinajstić information content (AvgIpc) is 2.87. The van der Waals surface area contributed by atoms with Crippen molar-refractivity contribution in [3.05, 3.63) is 54.5 Å². The molecule has 0 aliphatic carbocycles. The molecule has 1 aromatic carbocycles. The molecule has 1 amide bonds. The van der Waals surface area contributed by atoms with Gasteiger partial charge in [-0.25, -0.2) is 14.4 Å². The fourth-order valence-electron chi connectivity index (χ4n) is 1.79. The van der Waals surface area contributed by atoms with Crippen LogP contribution in [0.3, 0.4) is 0 Å². The van der Waals surface area contributed by atoms with Crippen LogP contribution in [0.25, 0.3) is 0 Å². The average molecular weight is 333 g/mol. The van der Waals surface area contributed by atoms with E-state index in [4.69, 9.17) is 0 Å². The lowest BCUT2D eigenvalue weighted by Gasteiger charge is -2.04. The highest BCUT2D eigenvalue weighted by atomic mass is 32.2. The lowest BCUT2D eigenvalue weighted by atomic mass is 10.4. The van der Waals surface area contributed by atoms with Crippen LogP contribution in [-0.4, -0.2) is 27.1 Å². The summed E-state index contributed by atoms with van der Waals surface area (Å²) < 4.78 is 12.8. The van der Waals surface area contributed by atoms with Crippen molar-refractivity contribution >= 4 is 40.4 Å². The van der Waals surface area contributed by atoms with Crippen molar-refractivity contribution in [3.8, 4) is 0 Å². The number of rotatable bonds is 4. The molecule has 22 heavy (non-hydrogen) atoms. The first kappa shape index (κ1) is 15.1. The Kier molecular flexibility index (Phi) is 4.74. The van der Waals surface area contributed by atoms with Gasteiger partial charge in [0.1, 0.15) is 11.1 Å².